The van der Waals surface area contributed by atoms with Gasteiger partial charge in [0, 0.05) is 19.3 Å². The van der Waals surface area contributed by atoms with Gasteiger partial charge in [0.05, 0.1) is 12.7 Å². The van der Waals surface area contributed by atoms with E-state index < -0.39 is 0 Å². The predicted molar refractivity (Wildman–Crippen MR) is 60.4 cm³/mol. The maximum absolute atomic E-state index is 12.1. The maximum Gasteiger partial charge on any atom is 0.232 e. The van der Waals surface area contributed by atoms with Crippen LogP contribution in [0.2, 0.25) is 0 Å². The van der Waals surface area contributed by atoms with Gasteiger partial charge in [0.1, 0.15) is 5.69 Å². The van der Waals surface area contributed by atoms with E-state index in [1.807, 2.05) is 6.92 Å². The summed E-state index contributed by atoms with van der Waals surface area (Å²) in [4.78, 5) is 12.1. The number of hydrogen-bond donors (Lipinski definition) is 1. The molecule has 0 aromatic carbocycles. The van der Waals surface area contributed by atoms with Crippen molar-refractivity contribution < 1.29 is 4.79 Å². The van der Waals surface area contributed by atoms with Crippen LogP contribution in [0.3, 0.4) is 0 Å². The Bertz CT molecular complexity index is 514. The fourth-order valence-corrected chi connectivity index (χ4v) is 1.55. The second-order valence-corrected chi connectivity index (χ2v) is 3.52. The molecule has 0 fully saturated rings. The molecule has 7 heteroatoms. The van der Waals surface area contributed by atoms with Gasteiger partial charge in [-0.05, 0) is 13.0 Å². The predicted octanol–water partition coefficient (Wildman–Crippen LogP) is -0.316. The molecule has 0 amide bonds. The van der Waals surface area contributed by atoms with E-state index in [4.69, 9.17) is 5.73 Å². The third-order valence-corrected chi connectivity index (χ3v) is 2.38. The summed E-state index contributed by atoms with van der Waals surface area (Å²) in [5.74, 6) is -0.173. The lowest BCUT2D eigenvalue weighted by molar-refractivity contribution is 0.102. The largest absolute Gasteiger partial charge is 0.329 e. The summed E-state index contributed by atoms with van der Waals surface area (Å²) in [6.07, 6.45) is 3.20. The molecule has 0 aliphatic rings. The minimum absolute atomic E-state index is 0.173. The molecule has 0 saturated carbocycles. The molecule has 0 radical (unpaired) electrons. The highest BCUT2D eigenvalue weighted by molar-refractivity contribution is 6.06. The Morgan fingerprint density at radius 3 is 3.06 bits per heavy atom. The molecule has 0 saturated heterocycles. The topological polar surface area (TPSA) is 91.6 Å². The molecular weight excluding hydrogens is 220 g/mol. The highest BCUT2D eigenvalue weighted by Crippen LogP contribution is 2.06. The third-order valence-electron chi connectivity index (χ3n) is 2.38. The van der Waals surface area contributed by atoms with Crippen molar-refractivity contribution in [1.82, 2.24) is 24.8 Å². The first-order chi connectivity index (χ1) is 8.26. The van der Waals surface area contributed by atoms with Crippen LogP contribution >= 0.6 is 0 Å². The molecular formula is C10H14N6O. The molecule has 7 nitrogen and oxygen atoms in total. The van der Waals surface area contributed by atoms with Crippen LogP contribution in [0.4, 0.5) is 0 Å². The molecule has 2 aromatic heterocycles. The van der Waals surface area contributed by atoms with E-state index in [1.165, 1.54) is 0 Å². The monoisotopic (exact) mass is 234 g/mol. The average molecular weight is 234 g/mol. The Balaban J connectivity index is 2.24. The molecule has 0 atom stereocenters. The number of aromatic nitrogens is 5. The number of ketones is 1. The Morgan fingerprint density at radius 2 is 2.35 bits per heavy atom. The summed E-state index contributed by atoms with van der Waals surface area (Å²) in [7, 11) is 0. The van der Waals surface area contributed by atoms with Crippen LogP contribution in [0.15, 0.2) is 18.5 Å². The molecule has 90 valence electrons. The van der Waals surface area contributed by atoms with Gasteiger partial charge in [-0.2, -0.15) is 5.10 Å². The molecule has 0 bridgehead atoms. The quantitative estimate of drug-likeness (QED) is 0.716. The maximum atomic E-state index is 12.1. The number of carbonyl (C=O) groups is 1. The first-order valence-corrected chi connectivity index (χ1v) is 5.43. The van der Waals surface area contributed by atoms with Gasteiger partial charge in [-0.3, -0.25) is 14.2 Å². The SMILES string of the molecule is CCn1nccc1C(=O)c1cn(CCN)nn1. The second-order valence-electron chi connectivity index (χ2n) is 3.52. The Morgan fingerprint density at radius 1 is 1.53 bits per heavy atom. The van der Waals surface area contributed by atoms with Gasteiger partial charge in [0.15, 0.2) is 5.69 Å². The zero-order chi connectivity index (χ0) is 12.3. The number of hydrogen-bond acceptors (Lipinski definition) is 5. The summed E-state index contributed by atoms with van der Waals surface area (Å²) in [6, 6.07) is 1.67. The van der Waals surface area contributed by atoms with Crippen molar-refractivity contribution in [2.45, 2.75) is 20.0 Å². The number of aryl methyl sites for hydroxylation is 1. The average Bonchev–Trinajstić information content (AvgIpc) is 2.96. The smallest absolute Gasteiger partial charge is 0.232 e. The lowest BCUT2D eigenvalue weighted by Gasteiger charge is -2.00. The van der Waals surface area contributed by atoms with Gasteiger partial charge in [-0.15, -0.1) is 5.10 Å². The lowest BCUT2D eigenvalue weighted by Crippen LogP contribution is -2.11. The van der Waals surface area contributed by atoms with Crippen LogP contribution in [0, 0.1) is 0 Å². The number of rotatable bonds is 5. The highest BCUT2D eigenvalue weighted by Gasteiger charge is 2.16. The van der Waals surface area contributed by atoms with Crippen molar-refractivity contribution in [2.75, 3.05) is 6.54 Å². The standard InChI is InChI=1S/C10H14N6O/c1-2-16-9(3-5-12-16)10(17)8-7-15(6-4-11)14-13-8/h3,5,7H,2,4,6,11H2,1H3. The summed E-state index contributed by atoms with van der Waals surface area (Å²) < 4.78 is 3.18. The Labute approximate surface area is 98.2 Å². The Kier molecular flexibility index (Phi) is 3.29. The summed E-state index contributed by atoms with van der Waals surface area (Å²) in [6.45, 7) is 3.58. The first-order valence-electron chi connectivity index (χ1n) is 5.43. The van der Waals surface area contributed by atoms with Gasteiger partial charge >= 0.3 is 0 Å². The second kappa shape index (κ2) is 4.88. The molecule has 2 heterocycles. The number of carbonyl (C=O) groups excluding carboxylic acids is 1. The highest BCUT2D eigenvalue weighted by atomic mass is 16.1. The van der Waals surface area contributed by atoms with Crippen LogP contribution in [0.1, 0.15) is 23.1 Å². The van der Waals surface area contributed by atoms with Crippen molar-refractivity contribution in [2.24, 2.45) is 5.73 Å². The van der Waals surface area contributed by atoms with Crippen LogP contribution in [-0.4, -0.2) is 37.1 Å². The van der Waals surface area contributed by atoms with Crippen LogP contribution in [0.5, 0.6) is 0 Å². The van der Waals surface area contributed by atoms with E-state index in [-0.39, 0.29) is 5.78 Å². The van der Waals surface area contributed by atoms with Crippen molar-refractivity contribution in [1.29, 1.82) is 0 Å². The normalized spacial score (nSPS) is 10.7. The first kappa shape index (κ1) is 11.5. The van der Waals surface area contributed by atoms with Gasteiger partial charge in [0.2, 0.25) is 5.78 Å². The molecule has 0 aliphatic carbocycles. The van der Waals surface area contributed by atoms with Crippen molar-refractivity contribution in [3.05, 3.63) is 29.8 Å². The summed E-state index contributed by atoms with van der Waals surface area (Å²) in [5.41, 5.74) is 6.23. The number of nitrogens with zero attached hydrogens (tertiary/aromatic N) is 5. The fraction of sp³-hybridized carbons (Fsp3) is 0.400. The van der Waals surface area contributed by atoms with E-state index in [9.17, 15) is 4.79 Å². The Hall–Kier alpha value is -2.02. The molecule has 0 unspecified atom stereocenters. The summed E-state index contributed by atoms with van der Waals surface area (Å²) in [5, 5.41) is 11.7. The minimum Gasteiger partial charge on any atom is -0.329 e. The zero-order valence-corrected chi connectivity index (χ0v) is 9.58. The van der Waals surface area contributed by atoms with Crippen LogP contribution < -0.4 is 5.73 Å². The van der Waals surface area contributed by atoms with Crippen molar-refractivity contribution in [3.63, 3.8) is 0 Å². The van der Waals surface area contributed by atoms with Gasteiger partial charge < -0.3 is 5.73 Å². The van der Waals surface area contributed by atoms with Gasteiger partial charge in [0.25, 0.3) is 0 Å². The van der Waals surface area contributed by atoms with E-state index in [0.717, 1.165) is 0 Å². The molecule has 0 aliphatic heterocycles. The molecule has 2 rings (SSSR count). The fourth-order valence-electron chi connectivity index (χ4n) is 1.55. The third kappa shape index (κ3) is 2.23. The number of nitrogens with two attached hydrogens (primary N) is 1. The lowest BCUT2D eigenvalue weighted by atomic mass is 10.2. The van der Waals surface area contributed by atoms with E-state index >= 15 is 0 Å². The van der Waals surface area contributed by atoms with Gasteiger partial charge in [-0.1, -0.05) is 5.21 Å². The van der Waals surface area contributed by atoms with E-state index in [1.54, 1.807) is 27.8 Å². The molecule has 2 N–H and O–H groups in total. The molecule has 17 heavy (non-hydrogen) atoms. The minimum atomic E-state index is -0.173. The van der Waals surface area contributed by atoms with E-state index in [0.29, 0.717) is 31.0 Å². The summed E-state index contributed by atoms with van der Waals surface area (Å²) >= 11 is 0. The van der Waals surface area contributed by atoms with Crippen molar-refractivity contribution >= 4 is 5.78 Å². The van der Waals surface area contributed by atoms with Crippen molar-refractivity contribution in [3.8, 4) is 0 Å². The van der Waals surface area contributed by atoms with Crippen LogP contribution in [-0.2, 0) is 13.1 Å². The zero-order valence-electron chi connectivity index (χ0n) is 9.58. The van der Waals surface area contributed by atoms with Gasteiger partial charge in [-0.25, -0.2) is 0 Å². The molecule has 2 aromatic rings. The van der Waals surface area contributed by atoms with Crippen LogP contribution in [0.25, 0.3) is 0 Å². The molecule has 0 spiro atoms. The van der Waals surface area contributed by atoms with E-state index in [2.05, 4.69) is 15.4 Å².